The number of hydrogen-bond acceptors (Lipinski definition) is 3. The average Bonchev–Trinajstić information content (AvgIpc) is 2.40. The number of rotatable bonds is 3. The number of amides is 1. The van der Waals surface area contributed by atoms with Crippen molar-refractivity contribution in [3.8, 4) is 0 Å². The van der Waals surface area contributed by atoms with E-state index in [1.807, 2.05) is 18.2 Å². The molecule has 1 heterocycles. The van der Waals surface area contributed by atoms with Gasteiger partial charge in [-0.2, -0.15) is 0 Å². The molecule has 4 nitrogen and oxygen atoms in total. The number of carbonyl (C=O) groups excluding carboxylic acids is 1. The van der Waals surface area contributed by atoms with Crippen molar-refractivity contribution in [1.82, 2.24) is 5.32 Å². The van der Waals surface area contributed by atoms with Crippen LogP contribution >= 0.6 is 38.5 Å². The molecule has 6 heteroatoms. The molecule has 0 aromatic heterocycles. The van der Waals surface area contributed by atoms with Crippen LogP contribution in [-0.2, 0) is 9.47 Å². The molecule has 1 aliphatic heterocycles. The van der Waals surface area contributed by atoms with E-state index in [2.05, 4.69) is 43.8 Å². The molecule has 1 aliphatic rings. The summed E-state index contributed by atoms with van der Waals surface area (Å²) in [5, 5.41) is 2.87. The first-order valence-electron chi connectivity index (χ1n) is 5.59. The first-order valence-corrected chi connectivity index (χ1v) is 7.46. The Bertz CT molecular complexity index is 435. The molecule has 1 amide bonds. The molecule has 0 bridgehead atoms. The third-order valence-electron chi connectivity index (χ3n) is 2.55. The van der Waals surface area contributed by atoms with E-state index in [9.17, 15) is 4.79 Å². The van der Waals surface area contributed by atoms with Gasteiger partial charge in [-0.15, -0.1) is 0 Å². The summed E-state index contributed by atoms with van der Waals surface area (Å²) in [4.78, 5) is 12.0. The summed E-state index contributed by atoms with van der Waals surface area (Å²) in [6.45, 7) is 2.24. The molecule has 1 unspecified atom stereocenters. The summed E-state index contributed by atoms with van der Waals surface area (Å²) in [6.07, 6.45) is -0.0486. The predicted octanol–water partition coefficient (Wildman–Crippen LogP) is 2.20. The quantitative estimate of drug-likeness (QED) is 0.755. The predicted molar refractivity (Wildman–Crippen MR) is 79.8 cm³/mol. The number of halogens is 2. The van der Waals surface area contributed by atoms with Crippen molar-refractivity contribution in [3.05, 3.63) is 31.8 Å². The van der Waals surface area contributed by atoms with Gasteiger partial charge in [0.25, 0.3) is 5.91 Å². The van der Waals surface area contributed by atoms with E-state index in [1.54, 1.807) is 0 Å². The Kier molecular flexibility index (Phi) is 5.40. The third kappa shape index (κ3) is 3.91. The van der Waals surface area contributed by atoms with Crippen molar-refractivity contribution in [1.29, 1.82) is 0 Å². The minimum Gasteiger partial charge on any atom is -0.376 e. The SMILES string of the molecule is O=C(NCC1COCCO1)c1cc(Br)ccc1I. The monoisotopic (exact) mass is 425 g/mol. The van der Waals surface area contributed by atoms with E-state index in [0.717, 1.165) is 8.04 Å². The maximum absolute atomic E-state index is 12.0. The van der Waals surface area contributed by atoms with E-state index >= 15 is 0 Å². The van der Waals surface area contributed by atoms with Crippen molar-refractivity contribution in [2.24, 2.45) is 0 Å². The zero-order valence-corrected chi connectivity index (χ0v) is 13.4. The van der Waals surface area contributed by atoms with Crippen LogP contribution < -0.4 is 5.32 Å². The summed E-state index contributed by atoms with van der Waals surface area (Å²) in [6, 6.07) is 5.63. The number of benzene rings is 1. The fourth-order valence-electron chi connectivity index (χ4n) is 1.63. The van der Waals surface area contributed by atoms with Crippen LogP contribution in [0, 0.1) is 3.57 Å². The highest BCUT2D eigenvalue weighted by molar-refractivity contribution is 14.1. The van der Waals surface area contributed by atoms with Crippen LogP contribution in [0.3, 0.4) is 0 Å². The normalized spacial score (nSPS) is 19.6. The number of hydrogen-bond donors (Lipinski definition) is 1. The zero-order valence-electron chi connectivity index (χ0n) is 9.62. The Morgan fingerprint density at radius 1 is 1.50 bits per heavy atom. The molecule has 1 N–H and O–H groups in total. The Balaban J connectivity index is 1.92. The zero-order chi connectivity index (χ0) is 13.0. The molecule has 1 fully saturated rings. The van der Waals surface area contributed by atoms with Gasteiger partial charge in [-0.3, -0.25) is 4.79 Å². The van der Waals surface area contributed by atoms with Crippen LogP contribution in [0.1, 0.15) is 10.4 Å². The molecule has 0 aliphatic carbocycles. The van der Waals surface area contributed by atoms with Crippen molar-refractivity contribution in [3.63, 3.8) is 0 Å². The molecule has 98 valence electrons. The van der Waals surface area contributed by atoms with Gasteiger partial charge in [0.15, 0.2) is 0 Å². The van der Waals surface area contributed by atoms with Gasteiger partial charge < -0.3 is 14.8 Å². The van der Waals surface area contributed by atoms with Crippen molar-refractivity contribution in [2.45, 2.75) is 6.10 Å². The lowest BCUT2D eigenvalue weighted by Crippen LogP contribution is -2.39. The number of nitrogens with one attached hydrogen (secondary N) is 1. The lowest BCUT2D eigenvalue weighted by molar-refractivity contribution is -0.0855. The molecule has 2 rings (SSSR count). The highest BCUT2D eigenvalue weighted by Crippen LogP contribution is 2.18. The van der Waals surface area contributed by atoms with E-state index < -0.39 is 0 Å². The highest BCUT2D eigenvalue weighted by atomic mass is 127. The lowest BCUT2D eigenvalue weighted by atomic mass is 10.2. The summed E-state index contributed by atoms with van der Waals surface area (Å²) < 4.78 is 12.6. The molecular weight excluding hydrogens is 413 g/mol. The van der Waals surface area contributed by atoms with Crippen molar-refractivity contribution < 1.29 is 14.3 Å². The lowest BCUT2D eigenvalue weighted by Gasteiger charge is -2.23. The van der Waals surface area contributed by atoms with Gasteiger partial charge in [0, 0.05) is 14.6 Å². The molecule has 1 saturated heterocycles. The van der Waals surface area contributed by atoms with Crippen LogP contribution in [0.25, 0.3) is 0 Å². The maximum Gasteiger partial charge on any atom is 0.252 e. The fraction of sp³-hybridized carbons (Fsp3) is 0.417. The summed E-state index contributed by atoms with van der Waals surface area (Å²) in [5.41, 5.74) is 0.668. The molecule has 0 saturated carbocycles. The van der Waals surface area contributed by atoms with Gasteiger partial charge >= 0.3 is 0 Å². The number of carbonyl (C=O) groups is 1. The molecule has 1 aromatic carbocycles. The Hall–Kier alpha value is -0.180. The second-order valence-electron chi connectivity index (χ2n) is 3.90. The molecule has 0 radical (unpaired) electrons. The summed E-state index contributed by atoms with van der Waals surface area (Å²) >= 11 is 5.51. The molecule has 0 spiro atoms. The van der Waals surface area contributed by atoms with Crippen LogP contribution in [0.4, 0.5) is 0 Å². The first-order chi connectivity index (χ1) is 8.66. The smallest absolute Gasteiger partial charge is 0.252 e. The molecule has 1 aromatic rings. The topological polar surface area (TPSA) is 47.6 Å². The van der Waals surface area contributed by atoms with Crippen LogP contribution in [0.15, 0.2) is 22.7 Å². The van der Waals surface area contributed by atoms with Crippen LogP contribution in [0.2, 0.25) is 0 Å². The molecular formula is C12H13BrINO3. The molecule has 1 atom stereocenters. The van der Waals surface area contributed by atoms with Crippen LogP contribution in [0.5, 0.6) is 0 Å². The second kappa shape index (κ2) is 6.83. The largest absolute Gasteiger partial charge is 0.376 e. The average molecular weight is 426 g/mol. The summed E-state index contributed by atoms with van der Waals surface area (Å²) in [7, 11) is 0. The minimum absolute atomic E-state index is 0.0486. The number of ether oxygens (including phenoxy) is 2. The van der Waals surface area contributed by atoms with Crippen molar-refractivity contribution >= 4 is 44.4 Å². The Labute approximate surface area is 128 Å². The third-order valence-corrected chi connectivity index (χ3v) is 3.98. The van der Waals surface area contributed by atoms with E-state index in [1.165, 1.54) is 0 Å². The van der Waals surface area contributed by atoms with Gasteiger partial charge in [0.1, 0.15) is 0 Å². The van der Waals surface area contributed by atoms with E-state index in [0.29, 0.717) is 31.9 Å². The van der Waals surface area contributed by atoms with Gasteiger partial charge in [0.2, 0.25) is 0 Å². The Morgan fingerprint density at radius 2 is 2.33 bits per heavy atom. The maximum atomic E-state index is 12.0. The molecule has 18 heavy (non-hydrogen) atoms. The van der Waals surface area contributed by atoms with Crippen LogP contribution in [-0.4, -0.2) is 38.4 Å². The van der Waals surface area contributed by atoms with Gasteiger partial charge in [0.05, 0.1) is 31.5 Å². The minimum atomic E-state index is -0.0881. The fourth-order valence-corrected chi connectivity index (χ4v) is 2.57. The Morgan fingerprint density at radius 3 is 3.06 bits per heavy atom. The standard InChI is InChI=1S/C12H13BrINO3/c13-8-1-2-11(14)10(5-8)12(16)15-6-9-7-17-3-4-18-9/h1-2,5,9H,3-4,6-7H2,(H,15,16). The van der Waals surface area contributed by atoms with Crippen molar-refractivity contribution in [2.75, 3.05) is 26.4 Å². The highest BCUT2D eigenvalue weighted by Gasteiger charge is 2.16. The van der Waals surface area contributed by atoms with E-state index in [-0.39, 0.29) is 12.0 Å². The first kappa shape index (κ1) is 14.2. The van der Waals surface area contributed by atoms with E-state index in [4.69, 9.17) is 9.47 Å². The summed E-state index contributed by atoms with van der Waals surface area (Å²) in [5.74, 6) is -0.0881. The van der Waals surface area contributed by atoms with Gasteiger partial charge in [-0.05, 0) is 40.8 Å². The van der Waals surface area contributed by atoms with Gasteiger partial charge in [-0.25, -0.2) is 0 Å². The van der Waals surface area contributed by atoms with Gasteiger partial charge in [-0.1, -0.05) is 15.9 Å². The second-order valence-corrected chi connectivity index (χ2v) is 5.98.